The molecule has 12 rings (SSSR count). The fourth-order valence-electron chi connectivity index (χ4n) is 9.47. The van der Waals surface area contributed by atoms with Crippen LogP contribution in [0, 0.1) is 0 Å². The van der Waals surface area contributed by atoms with Crippen LogP contribution in [-0.4, -0.2) is 18.7 Å². The van der Waals surface area contributed by atoms with Crippen molar-refractivity contribution in [3.63, 3.8) is 0 Å². The summed E-state index contributed by atoms with van der Waals surface area (Å²) in [5, 5.41) is 6.24. The number of hydrogen-bond donors (Lipinski definition) is 0. The fraction of sp³-hybridized carbons (Fsp3) is 0.0377. The molecular weight excluding hydrogens is 693 g/mol. The van der Waals surface area contributed by atoms with Crippen molar-refractivity contribution in [3.05, 3.63) is 199 Å². The molecule has 268 valence electrons. The van der Waals surface area contributed by atoms with Gasteiger partial charge in [-0.2, -0.15) is 0 Å². The summed E-state index contributed by atoms with van der Waals surface area (Å²) in [6, 6.07) is 65.8. The van der Waals surface area contributed by atoms with Crippen LogP contribution in [0.4, 0.5) is 0 Å². The maximum Gasteiger partial charge on any atom is 0.0788 e. The molecule has 57 heavy (non-hydrogen) atoms. The molecule has 0 unspecified atom stereocenters. The van der Waals surface area contributed by atoms with Gasteiger partial charge in [-0.15, -0.1) is 0 Å². The van der Waals surface area contributed by atoms with Gasteiger partial charge in [0, 0.05) is 49.4 Å². The molecule has 7 aromatic carbocycles. The lowest BCUT2D eigenvalue weighted by molar-refractivity contribution is 0.967. The Morgan fingerprint density at radius 2 is 0.930 bits per heavy atom. The van der Waals surface area contributed by atoms with E-state index in [1.807, 2.05) is 0 Å². The molecule has 1 aliphatic carbocycles. The second-order valence-corrected chi connectivity index (χ2v) is 15.0. The van der Waals surface area contributed by atoms with Crippen LogP contribution in [0.15, 0.2) is 188 Å². The van der Waals surface area contributed by atoms with E-state index in [4.69, 9.17) is 4.98 Å². The quantitative estimate of drug-likeness (QED) is 0.173. The van der Waals surface area contributed by atoms with Crippen LogP contribution < -0.4 is 0 Å². The number of benzene rings is 7. The normalized spacial score (nSPS) is 12.7. The molecule has 0 aliphatic heterocycles. The fourth-order valence-corrected chi connectivity index (χ4v) is 9.47. The number of para-hydroxylation sites is 4. The summed E-state index contributed by atoms with van der Waals surface area (Å²) in [6.07, 6.45) is 6.72. The van der Waals surface area contributed by atoms with Gasteiger partial charge in [-0.25, -0.2) is 4.98 Å². The third kappa shape index (κ3) is 4.77. The van der Waals surface area contributed by atoms with Crippen LogP contribution >= 0.6 is 0 Å². The number of aryl methyl sites for hydroxylation is 1. The molecule has 0 amide bonds. The molecule has 0 fully saturated rings. The third-order valence-electron chi connectivity index (χ3n) is 11.9. The molecular formula is C53H36N4. The lowest BCUT2D eigenvalue weighted by Gasteiger charge is -2.17. The molecule has 0 bridgehead atoms. The van der Waals surface area contributed by atoms with Crippen LogP contribution in [-0.2, 0) is 6.42 Å². The first kappa shape index (κ1) is 31.9. The van der Waals surface area contributed by atoms with Gasteiger partial charge in [0.05, 0.1) is 50.3 Å². The summed E-state index contributed by atoms with van der Waals surface area (Å²) in [5.74, 6) is 0. The average molecular weight is 729 g/mol. The first-order valence-electron chi connectivity index (χ1n) is 19.8. The smallest absolute Gasteiger partial charge is 0.0788 e. The molecule has 0 saturated heterocycles. The predicted octanol–water partition coefficient (Wildman–Crippen LogP) is 13.5. The van der Waals surface area contributed by atoms with Crippen molar-refractivity contribution >= 4 is 60.6 Å². The summed E-state index contributed by atoms with van der Waals surface area (Å²) in [7, 11) is 0. The highest BCUT2D eigenvalue weighted by Gasteiger charge is 2.27. The van der Waals surface area contributed by atoms with E-state index in [1.54, 1.807) is 0 Å². The van der Waals surface area contributed by atoms with E-state index in [1.165, 1.54) is 71.5 Å². The summed E-state index contributed by atoms with van der Waals surface area (Å²) >= 11 is 0. The second kappa shape index (κ2) is 12.6. The molecule has 11 aromatic rings. The summed E-state index contributed by atoms with van der Waals surface area (Å²) in [6.45, 7) is 0. The Bertz CT molecular complexity index is 3320. The van der Waals surface area contributed by atoms with Crippen LogP contribution in [0.3, 0.4) is 0 Å². The van der Waals surface area contributed by atoms with Gasteiger partial charge in [-0.05, 0) is 66.9 Å². The highest BCUT2D eigenvalue weighted by Crippen LogP contribution is 2.45. The number of allylic oxidation sites excluding steroid dienone is 1. The maximum atomic E-state index is 5.29. The first-order chi connectivity index (χ1) is 28.3. The van der Waals surface area contributed by atoms with Crippen molar-refractivity contribution in [2.75, 3.05) is 0 Å². The van der Waals surface area contributed by atoms with E-state index in [2.05, 4.69) is 208 Å². The summed E-state index contributed by atoms with van der Waals surface area (Å²) in [4.78, 5) is 5.29. The maximum absolute atomic E-state index is 5.29. The standard InChI is InChI=1S/C53H36N4/c1-4-17-35(18-5-1)45-33-38(34-46(54-45)36-19-6-2-7-20-36)56-48-28-14-11-24-40(48)43-31-32-44-41-25-12-15-29-49(41)57(53(44)52(43)56)50-30-16-26-42-39-23-10-13-27-47(39)55(51(42)50)37-21-8-3-9-22-37/h1-11,13-24,26-34H,12,25H2. The Labute approximate surface area is 329 Å². The van der Waals surface area contributed by atoms with E-state index in [0.717, 1.165) is 46.7 Å². The Kier molecular flexibility index (Phi) is 7.02. The van der Waals surface area contributed by atoms with Crippen LogP contribution in [0.25, 0.3) is 100 Å². The molecule has 4 heterocycles. The van der Waals surface area contributed by atoms with E-state index >= 15 is 0 Å². The van der Waals surface area contributed by atoms with Crippen molar-refractivity contribution in [1.29, 1.82) is 0 Å². The molecule has 0 saturated carbocycles. The predicted molar refractivity (Wildman–Crippen MR) is 238 cm³/mol. The van der Waals surface area contributed by atoms with Crippen molar-refractivity contribution in [2.24, 2.45) is 0 Å². The minimum Gasteiger partial charge on any atom is -0.307 e. The highest BCUT2D eigenvalue weighted by molar-refractivity contribution is 6.20. The summed E-state index contributed by atoms with van der Waals surface area (Å²) < 4.78 is 7.55. The molecule has 4 nitrogen and oxygen atoms in total. The van der Waals surface area contributed by atoms with E-state index in [-0.39, 0.29) is 0 Å². The molecule has 1 aliphatic rings. The van der Waals surface area contributed by atoms with Gasteiger partial charge < -0.3 is 13.7 Å². The Morgan fingerprint density at radius 3 is 1.60 bits per heavy atom. The number of fused-ring (bicyclic) bond motifs is 10. The van der Waals surface area contributed by atoms with Crippen molar-refractivity contribution in [3.8, 4) is 39.6 Å². The topological polar surface area (TPSA) is 27.7 Å². The van der Waals surface area contributed by atoms with Crippen LogP contribution in [0.5, 0.6) is 0 Å². The zero-order chi connectivity index (χ0) is 37.5. The highest BCUT2D eigenvalue weighted by atomic mass is 15.1. The molecule has 4 aromatic heterocycles. The lowest BCUT2D eigenvalue weighted by atomic mass is 10.00. The SMILES string of the molecule is C1=Cc2c(c3ccc4c5ccccc5n(-c5cc(-c6ccccc6)nc(-c6ccccc6)c5)c4c3n2-c2cccc3c4ccccc4n(-c4ccccc4)c23)CC1. The van der Waals surface area contributed by atoms with Gasteiger partial charge >= 0.3 is 0 Å². The molecule has 0 radical (unpaired) electrons. The monoisotopic (exact) mass is 728 g/mol. The Hall–Kier alpha value is -7.43. The summed E-state index contributed by atoms with van der Waals surface area (Å²) in [5.41, 5.74) is 16.1. The lowest BCUT2D eigenvalue weighted by Crippen LogP contribution is -2.05. The molecule has 0 spiro atoms. The van der Waals surface area contributed by atoms with Gasteiger partial charge in [0.15, 0.2) is 0 Å². The number of nitrogens with zero attached hydrogens (tertiary/aromatic N) is 4. The van der Waals surface area contributed by atoms with Crippen molar-refractivity contribution in [1.82, 2.24) is 18.7 Å². The third-order valence-corrected chi connectivity index (χ3v) is 11.9. The van der Waals surface area contributed by atoms with Crippen molar-refractivity contribution < 1.29 is 0 Å². The molecule has 0 atom stereocenters. The second-order valence-electron chi connectivity index (χ2n) is 15.0. The largest absolute Gasteiger partial charge is 0.307 e. The first-order valence-corrected chi connectivity index (χ1v) is 19.8. The minimum absolute atomic E-state index is 0.944. The van der Waals surface area contributed by atoms with Gasteiger partial charge in [-0.3, -0.25) is 0 Å². The van der Waals surface area contributed by atoms with Gasteiger partial charge in [0.2, 0.25) is 0 Å². The van der Waals surface area contributed by atoms with Crippen LogP contribution in [0.1, 0.15) is 17.7 Å². The van der Waals surface area contributed by atoms with E-state index in [9.17, 15) is 0 Å². The Morgan fingerprint density at radius 1 is 0.404 bits per heavy atom. The molecule has 4 heteroatoms. The molecule has 0 N–H and O–H groups in total. The number of aromatic nitrogens is 4. The zero-order valence-corrected chi connectivity index (χ0v) is 31.2. The van der Waals surface area contributed by atoms with Gasteiger partial charge in [-0.1, -0.05) is 146 Å². The minimum atomic E-state index is 0.944. The number of rotatable bonds is 5. The number of pyridine rings is 1. The van der Waals surface area contributed by atoms with Gasteiger partial charge in [0.25, 0.3) is 0 Å². The van der Waals surface area contributed by atoms with Crippen LogP contribution in [0.2, 0.25) is 0 Å². The average Bonchev–Trinajstić information content (AvgIpc) is 3.93. The number of hydrogen-bond acceptors (Lipinski definition) is 1. The zero-order valence-electron chi connectivity index (χ0n) is 31.2. The Balaban J connectivity index is 1.26. The van der Waals surface area contributed by atoms with E-state index < -0.39 is 0 Å². The van der Waals surface area contributed by atoms with Crippen molar-refractivity contribution in [2.45, 2.75) is 12.8 Å². The van der Waals surface area contributed by atoms with E-state index in [0.29, 0.717) is 0 Å². The van der Waals surface area contributed by atoms with Gasteiger partial charge in [0.1, 0.15) is 0 Å².